The minimum absolute atomic E-state index is 0.00140. The van der Waals surface area contributed by atoms with E-state index < -0.39 is 5.97 Å². The normalized spacial score (nSPS) is 11.1. The zero-order valence-electron chi connectivity index (χ0n) is 15.5. The van der Waals surface area contributed by atoms with Crippen molar-refractivity contribution in [3.63, 3.8) is 0 Å². The molecule has 26 heavy (non-hydrogen) atoms. The van der Waals surface area contributed by atoms with Crippen molar-refractivity contribution in [2.24, 2.45) is 5.92 Å². The molecule has 138 valence electrons. The number of hydrogen-bond donors (Lipinski definition) is 1. The summed E-state index contributed by atoms with van der Waals surface area (Å²) in [5, 5.41) is 0. The van der Waals surface area contributed by atoms with Crippen LogP contribution in [-0.4, -0.2) is 17.6 Å². The van der Waals surface area contributed by atoms with Crippen LogP contribution < -0.4 is 10.2 Å². The minimum atomic E-state index is -0.469. The summed E-state index contributed by atoms with van der Waals surface area (Å²) in [5.41, 5.74) is 2.37. The van der Waals surface area contributed by atoms with Gasteiger partial charge in [0, 0.05) is 18.3 Å². The van der Waals surface area contributed by atoms with E-state index in [4.69, 9.17) is 9.47 Å². The Balaban J connectivity index is 1.84. The Morgan fingerprint density at radius 1 is 1.23 bits per heavy atom. The van der Waals surface area contributed by atoms with Crippen LogP contribution in [-0.2, 0) is 16.1 Å². The van der Waals surface area contributed by atoms with Crippen molar-refractivity contribution in [3.8, 4) is 5.75 Å². The van der Waals surface area contributed by atoms with Gasteiger partial charge in [0.25, 0.3) is 0 Å². The molecule has 0 aliphatic carbocycles. The molecule has 1 aromatic carbocycles. The first-order valence-corrected chi connectivity index (χ1v) is 8.70. The van der Waals surface area contributed by atoms with Crippen LogP contribution in [0.4, 0.5) is 0 Å². The molecule has 0 amide bonds. The molecule has 0 aliphatic rings. The Morgan fingerprint density at radius 2 is 1.96 bits per heavy atom. The molecular formula is C21H25NO4. The van der Waals surface area contributed by atoms with Gasteiger partial charge in [0.2, 0.25) is 5.43 Å². The van der Waals surface area contributed by atoms with Crippen LogP contribution in [0.5, 0.6) is 5.75 Å². The standard InChI is InChI=1S/C21H25NO4/c1-15(2)10-11-25-20-13-22-18(12-19(20)23)14-26-21(24)9-8-17-6-4-16(3)5-7-17/h4-9,12-13,15H,10-11,14H2,1-3H3,(H,22,23)/b9-8+. The van der Waals surface area contributed by atoms with Gasteiger partial charge in [-0.25, -0.2) is 4.79 Å². The second-order valence-corrected chi connectivity index (χ2v) is 6.57. The van der Waals surface area contributed by atoms with E-state index in [2.05, 4.69) is 18.8 Å². The minimum Gasteiger partial charge on any atom is -0.488 e. The fourth-order valence-corrected chi connectivity index (χ4v) is 2.14. The predicted octanol–water partition coefficient (Wildman–Crippen LogP) is 3.86. The number of benzene rings is 1. The van der Waals surface area contributed by atoms with Crippen LogP contribution in [0.2, 0.25) is 0 Å². The van der Waals surface area contributed by atoms with Gasteiger partial charge in [-0.2, -0.15) is 0 Å². The molecule has 1 aromatic heterocycles. The van der Waals surface area contributed by atoms with Gasteiger partial charge in [0.15, 0.2) is 5.75 Å². The third kappa shape index (κ3) is 6.59. The lowest BCUT2D eigenvalue weighted by Crippen LogP contribution is -2.12. The number of carbonyl (C=O) groups is 1. The number of ether oxygens (including phenoxy) is 2. The van der Waals surface area contributed by atoms with Crippen LogP contribution in [0.15, 0.2) is 47.4 Å². The Hall–Kier alpha value is -2.82. The van der Waals surface area contributed by atoms with E-state index in [1.165, 1.54) is 18.3 Å². The number of nitrogens with one attached hydrogen (secondary N) is 1. The SMILES string of the molecule is Cc1ccc(/C=C/C(=O)OCc2cc(=O)c(OCCC(C)C)c[nH]2)cc1. The number of rotatable bonds is 8. The maximum atomic E-state index is 12.0. The fraction of sp³-hybridized carbons (Fsp3) is 0.333. The van der Waals surface area contributed by atoms with Crippen LogP contribution >= 0.6 is 0 Å². The molecule has 5 nitrogen and oxygen atoms in total. The number of pyridine rings is 1. The van der Waals surface area contributed by atoms with Crippen LogP contribution in [0.3, 0.4) is 0 Å². The molecule has 0 unspecified atom stereocenters. The predicted molar refractivity (Wildman–Crippen MR) is 102 cm³/mol. The van der Waals surface area contributed by atoms with E-state index in [0.717, 1.165) is 17.5 Å². The molecule has 0 atom stereocenters. The van der Waals surface area contributed by atoms with Crippen molar-refractivity contribution in [1.29, 1.82) is 0 Å². The topological polar surface area (TPSA) is 68.4 Å². The number of aryl methyl sites for hydroxylation is 1. The third-order valence-corrected chi connectivity index (χ3v) is 3.75. The fourth-order valence-electron chi connectivity index (χ4n) is 2.14. The molecule has 0 bridgehead atoms. The van der Waals surface area contributed by atoms with Gasteiger partial charge >= 0.3 is 5.97 Å². The lowest BCUT2D eigenvalue weighted by molar-refractivity contribution is -0.139. The van der Waals surface area contributed by atoms with Crippen molar-refractivity contribution in [2.45, 2.75) is 33.8 Å². The molecule has 0 fully saturated rings. The highest BCUT2D eigenvalue weighted by Crippen LogP contribution is 2.07. The highest BCUT2D eigenvalue weighted by molar-refractivity contribution is 5.87. The number of carbonyl (C=O) groups excluding carboxylic acids is 1. The second-order valence-electron chi connectivity index (χ2n) is 6.57. The van der Waals surface area contributed by atoms with Gasteiger partial charge < -0.3 is 14.5 Å². The average Bonchev–Trinajstić information content (AvgIpc) is 2.61. The molecule has 5 heteroatoms. The van der Waals surface area contributed by atoms with E-state index in [0.29, 0.717) is 18.2 Å². The van der Waals surface area contributed by atoms with Gasteiger partial charge in [0.1, 0.15) is 6.61 Å². The van der Waals surface area contributed by atoms with Crippen molar-refractivity contribution >= 4 is 12.0 Å². The first-order chi connectivity index (χ1) is 12.4. The van der Waals surface area contributed by atoms with Crippen LogP contribution in [0, 0.1) is 12.8 Å². The number of H-pyrrole nitrogens is 1. The summed E-state index contributed by atoms with van der Waals surface area (Å²) >= 11 is 0. The Kier molecular flexibility index (Phi) is 7.21. The largest absolute Gasteiger partial charge is 0.488 e. The van der Waals surface area contributed by atoms with Gasteiger partial charge in [0.05, 0.1) is 12.3 Å². The number of hydrogen-bond acceptors (Lipinski definition) is 4. The van der Waals surface area contributed by atoms with Gasteiger partial charge in [-0.1, -0.05) is 43.7 Å². The maximum Gasteiger partial charge on any atom is 0.331 e. The Labute approximate surface area is 153 Å². The molecular weight excluding hydrogens is 330 g/mol. The second kappa shape index (κ2) is 9.61. The average molecular weight is 355 g/mol. The summed E-state index contributed by atoms with van der Waals surface area (Å²) in [6.07, 6.45) is 5.45. The zero-order valence-corrected chi connectivity index (χ0v) is 15.5. The summed E-state index contributed by atoms with van der Waals surface area (Å²) in [6, 6.07) is 9.19. The van der Waals surface area contributed by atoms with Crippen molar-refractivity contribution < 1.29 is 14.3 Å². The zero-order chi connectivity index (χ0) is 18.9. The van der Waals surface area contributed by atoms with Crippen molar-refractivity contribution in [2.75, 3.05) is 6.61 Å². The molecule has 2 rings (SSSR count). The van der Waals surface area contributed by atoms with Gasteiger partial charge in [-0.3, -0.25) is 4.79 Å². The summed E-state index contributed by atoms with van der Waals surface area (Å²) < 4.78 is 10.6. The van der Waals surface area contributed by atoms with E-state index in [9.17, 15) is 9.59 Å². The highest BCUT2D eigenvalue weighted by atomic mass is 16.5. The van der Waals surface area contributed by atoms with E-state index in [1.54, 1.807) is 6.08 Å². The van der Waals surface area contributed by atoms with E-state index in [-0.39, 0.29) is 17.8 Å². The summed E-state index contributed by atoms with van der Waals surface area (Å²) in [4.78, 5) is 26.7. The first kappa shape index (κ1) is 19.5. The molecule has 0 saturated carbocycles. The molecule has 1 N–H and O–H groups in total. The number of aromatic nitrogens is 1. The summed E-state index contributed by atoms with van der Waals surface area (Å²) in [5.74, 6) is 0.324. The molecule has 0 spiro atoms. The van der Waals surface area contributed by atoms with Crippen LogP contribution in [0.1, 0.15) is 37.1 Å². The third-order valence-electron chi connectivity index (χ3n) is 3.75. The van der Waals surface area contributed by atoms with E-state index >= 15 is 0 Å². The van der Waals surface area contributed by atoms with Gasteiger partial charge in [-0.05, 0) is 30.9 Å². The van der Waals surface area contributed by atoms with Crippen molar-refractivity contribution in [3.05, 3.63) is 69.6 Å². The lowest BCUT2D eigenvalue weighted by Gasteiger charge is -2.08. The summed E-state index contributed by atoms with van der Waals surface area (Å²) in [7, 11) is 0. The maximum absolute atomic E-state index is 12.0. The first-order valence-electron chi connectivity index (χ1n) is 8.70. The molecule has 2 aromatic rings. The summed E-state index contributed by atoms with van der Waals surface area (Å²) in [6.45, 7) is 6.69. The Bertz CT molecular complexity index is 804. The Morgan fingerprint density at radius 3 is 2.62 bits per heavy atom. The lowest BCUT2D eigenvalue weighted by atomic mass is 10.1. The van der Waals surface area contributed by atoms with Gasteiger partial charge in [-0.15, -0.1) is 0 Å². The number of esters is 1. The molecule has 1 heterocycles. The van der Waals surface area contributed by atoms with E-state index in [1.807, 2.05) is 31.2 Å². The smallest absolute Gasteiger partial charge is 0.331 e. The van der Waals surface area contributed by atoms with Crippen LogP contribution in [0.25, 0.3) is 6.08 Å². The van der Waals surface area contributed by atoms with Crippen molar-refractivity contribution in [1.82, 2.24) is 4.98 Å². The number of aromatic amines is 1. The highest BCUT2D eigenvalue weighted by Gasteiger charge is 2.05. The monoisotopic (exact) mass is 355 g/mol. The molecule has 0 saturated heterocycles. The molecule has 0 aliphatic heterocycles. The quantitative estimate of drug-likeness (QED) is 0.577. The molecule has 0 radical (unpaired) electrons.